The Morgan fingerprint density at radius 2 is 1.78 bits per heavy atom. The lowest BCUT2D eigenvalue weighted by molar-refractivity contribution is -0.138. The third-order valence-corrected chi connectivity index (χ3v) is 1.85. The van der Waals surface area contributed by atoms with Crippen LogP contribution in [0, 0.1) is 0 Å². The Morgan fingerprint density at radius 1 is 1.28 bits per heavy atom. The van der Waals surface area contributed by atoms with Crippen LogP contribution in [0.1, 0.15) is 20.3 Å². The quantitative estimate of drug-likeness (QED) is 0.641. The SMILES string of the molecule is CC(C)(CC(=O)O)NC(=O)NCC(F)(F)C(F)F. The molecule has 2 amide bonds. The molecule has 0 aliphatic carbocycles. The van der Waals surface area contributed by atoms with Gasteiger partial charge in [0.2, 0.25) is 0 Å². The molecule has 0 aromatic carbocycles. The van der Waals surface area contributed by atoms with Gasteiger partial charge < -0.3 is 15.7 Å². The fraction of sp³-hybridized carbons (Fsp3) is 0.778. The van der Waals surface area contributed by atoms with Crippen molar-refractivity contribution in [2.24, 2.45) is 0 Å². The number of hydrogen-bond donors (Lipinski definition) is 3. The van der Waals surface area contributed by atoms with Crippen LogP contribution in [0.25, 0.3) is 0 Å². The van der Waals surface area contributed by atoms with E-state index in [1.165, 1.54) is 13.8 Å². The largest absolute Gasteiger partial charge is 0.481 e. The van der Waals surface area contributed by atoms with Crippen molar-refractivity contribution < 1.29 is 32.3 Å². The van der Waals surface area contributed by atoms with E-state index in [0.29, 0.717) is 0 Å². The molecule has 0 saturated carbocycles. The van der Waals surface area contributed by atoms with Crippen molar-refractivity contribution in [3.8, 4) is 0 Å². The number of carbonyl (C=O) groups is 2. The Bertz CT molecular complexity index is 321. The summed E-state index contributed by atoms with van der Waals surface area (Å²) in [5, 5.41) is 12.2. The highest BCUT2D eigenvalue weighted by Crippen LogP contribution is 2.21. The Morgan fingerprint density at radius 3 is 2.17 bits per heavy atom. The summed E-state index contributed by atoms with van der Waals surface area (Å²) in [7, 11) is 0. The second-order valence-electron chi connectivity index (χ2n) is 4.32. The summed E-state index contributed by atoms with van der Waals surface area (Å²) >= 11 is 0. The summed E-state index contributed by atoms with van der Waals surface area (Å²) in [6.45, 7) is 1.18. The first-order valence-corrected chi connectivity index (χ1v) is 4.90. The zero-order valence-corrected chi connectivity index (χ0v) is 9.77. The number of carbonyl (C=O) groups excluding carboxylic acids is 1. The lowest BCUT2D eigenvalue weighted by Gasteiger charge is -2.25. The maximum Gasteiger partial charge on any atom is 0.324 e. The first kappa shape index (κ1) is 16.5. The number of amides is 2. The topological polar surface area (TPSA) is 78.4 Å². The predicted molar refractivity (Wildman–Crippen MR) is 53.8 cm³/mol. The lowest BCUT2D eigenvalue weighted by atomic mass is 10.0. The highest BCUT2D eigenvalue weighted by atomic mass is 19.3. The number of nitrogens with one attached hydrogen (secondary N) is 2. The lowest BCUT2D eigenvalue weighted by Crippen LogP contribution is -2.52. The van der Waals surface area contributed by atoms with E-state index >= 15 is 0 Å². The molecule has 0 aliphatic rings. The molecule has 0 aliphatic heterocycles. The Labute approximate surface area is 101 Å². The Kier molecular flexibility index (Phi) is 5.37. The van der Waals surface area contributed by atoms with Crippen molar-refractivity contribution >= 4 is 12.0 Å². The summed E-state index contributed by atoms with van der Waals surface area (Å²) in [6.07, 6.45) is -4.32. The van der Waals surface area contributed by atoms with E-state index in [1.54, 1.807) is 5.32 Å². The van der Waals surface area contributed by atoms with Gasteiger partial charge in [0.05, 0.1) is 13.0 Å². The van der Waals surface area contributed by atoms with Crippen molar-refractivity contribution in [1.29, 1.82) is 0 Å². The zero-order valence-electron chi connectivity index (χ0n) is 9.77. The highest BCUT2D eigenvalue weighted by Gasteiger charge is 2.41. The normalized spacial score (nSPS) is 12.4. The summed E-state index contributed by atoms with van der Waals surface area (Å²) in [6, 6.07) is -1.14. The van der Waals surface area contributed by atoms with Gasteiger partial charge in [0, 0.05) is 5.54 Å². The van der Waals surface area contributed by atoms with E-state index in [9.17, 15) is 27.2 Å². The molecule has 0 rings (SSSR count). The summed E-state index contributed by atoms with van der Waals surface area (Å²) in [5.74, 6) is -5.52. The number of rotatable bonds is 6. The fourth-order valence-corrected chi connectivity index (χ4v) is 1.05. The van der Waals surface area contributed by atoms with Crippen LogP contribution in [-0.2, 0) is 4.79 Å². The van der Waals surface area contributed by atoms with Gasteiger partial charge in [-0.1, -0.05) is 0 Å². The minimum Gasteiger partial charge on any atom is -0.481 e. The van der Waals surface area contributed by atoms with E-state index in [2.05, 4.69) is 5.32 Å². The molecule has 0 unspecified atom stereocenters. The molecule has 106 valence electrons. The van der Waals surface area contributed by atoms with Gasteiger partial charge in [-0.05, 0) is 13.8 Å². The van der Waals surface area contributed by atoms with E-state index < -0.39 is 42.9 Å². The molecular formula is C9H14F4N2O3. The second kappa shape index (κ2) is 5.87. The van der Waals surface area contributed by atoms with Crippen LogP contribution in [0.15, 0.2) is 0 Å². The van der Waals surface area contributed by atoms with Gasteiger partial charge in [0.1, 0.15) is 0 Å². The molecule has 9 heteroatoms. The number of urea groups is 1. The third-order valence-electron chi connectivity index (χ3n) is 1.85. The van der Waals surface area contributed by atoms with Crippen molar-refractivity contribution in [3.05, 3.63) is 0 Å². The molecule has 0 atom stereocenters. The van der Waals surface area contributed by atoms with Crippen LogP contribution in [0.5, 0.6) is 0 Å². The Hall–Kier alpha value is -1.54. The molecule has 0 heterocycles. The predicted octanol–water partition coefficient (Wildman–Crippen LogP) is 1.44. The second-order valence-corrected chi connectivity index (χ2v) is 4.32. The van der Waals surface area contributed by atoms with Crippen LogP contribution in [0.4, 0.5) is 22.4 Å². The molecule has 18 heavy (non-hydrogen) atoms. The number of carboxylic acids is 1. The minimum atomic E-state index is -4.33. The van der Waals surface area contributed by atoms with Crippen molar-refractivity contribution in [1.82, 2.24) is 10.6 Å². The molecule has 0 aromatic heterocycles. The van der Waals surface area contributed by atoms with Crippen LogP contribution >= 0.6 is 0 Å². The average molecular weight is 274 g/mol. The first-order valence-electron chi connectivity index (χ1n) is 4.90. The minimum absolute atomic E-state index is 0.439. The van der Waals surface area contributed by atoms with Crippen LogP contribution in [0.3, 0.4) is 0 Å². The molecule has 0 saturated heterocycles. The van der Waals surface area contributed by atoms with Gasteiger partial charge in [-0.2, -0.15) is 8.78 Å². The molecule has 3 N–H and O–H groups in total. The van der Waals surface area contributed by atoms with Crippen LogP contribution in [-0.4, -0.2) is 41.5 Å². The van der Waals surface area contributed by atoms with Crippen LogP contribution < -0.4 is 10.6 Å². The molecule has 0 radical (unpaired) electrons. The van der Waals surface area contributed by atoms with Gasteiger partial charge in [-0.25, -0.2) is 13.6 Å². The molecule has 0 fully saturated rings. The highest BCUT2D eigenvalue weighted by molar-refractivity contribution is 5.76. The Balaban J connectivity index is 4.24. The molecular weight excluding hydrogens is 260 g/mol. The van der Waals surface area contributed by atoms with Gasteiger partial charge >= 0.3 is 24.3 Å². The summed E-state index contributed by atoms with van der Waals surface area (Å²) in [4.78, 5) is 21.5. The molecule has 0 aromatic rings. The van der Waals surface area contributed by atoms with E-state index in [4.69, 9.17) is 5.11 Å². The number of hydrogen-bond acceptors (Lipinski definition) is 2. The standard InChI is InChI=1S/C9H14F4N2O3/c1-8(2,3-5(16)17)15-7(18)14-4-9(12,13)6(10)11/h6H,3-4H2,1-2H3,(H,16,17)(H2,14,15,18). The third kappa shape index (κ3) is 6.26. The van der Waals surface area contributed by atoms with Crippen LogP contribution in [0.2, 0.25) is 0 Å². The zero-order chi connectivity index (χ0) is 14.6. The number of aliphatic carboxylic acids is 1. The first-order chi connectivity index (χ1) is 7.96. The summed E-state index contributed by atoms with van der Waals surface area (Å²) < 4.78 is 48.5. The van der Waals surface area contributed by atoms with Crippen molar-refractivity contribution in [3.63, 3.8) is 0 Å². The average Bonchev–Trinajstić information content (AvgIpc) is 2.11. The number of carboxylic acid groups (broad SMARTS) is 1. The van der Waals surface area contributed by atoms with E-state index in [-0.39, 0.29) is 0 Å². The van der Waals surface area contributed by atoms with Crippen molar-refractivity contribution in [2.75, 3.05) is 6.54 Å². The molecule has 0 bridgehead atoms. The van der Waals surface area contributed by atoms with Gasteiger partial charge in [-0.3, -0.25) is 4.79 Å². The number of halogens is 4. The van der Waals surface area contributed by atoms with Gasteiger partial charge in [0.25, 0.3) is 0 Å². The van der Waals surface area contributed by atoms with Gasteiger partial charge in [0.15, 0.2) is 0 Å². The smallest absolute Gasteiger partial charge is 0.324 e. The molecule has 5 nitrogen and oxygen atoms in total. The van der Waals surface area contributed by atoms with E-state index in [0.717, 1.165) is 0 Å². The summed E-state index contributed by atoms with van der Waals surface area (Å²) in [5.41, 5.74) is -1.18. The van der Waals surface area contributed by atoms with Crippen molar-refractivity contribution in [2.45, 2.75) is 38.2 Å². The van der Waals surface area contributed by atoms with E-state index in [1.807, 2.05) is 0 Å². The maximum atomic E-state index is 12.5. The van der Waals surface area contributed by atoms with Gasteiger partial charge in [-0.15, -0.1) is 0 Å². The fourth-order valence-electron chi connectivity index (χ4n) is 1.05. The molecule has 0 spiro atoms. The maximum absolute atomic E-state index is 12.5. The number of alkyl halides is 4. The monoisotopic (exact) mass is 274 g/mol.